The lowest BCUT2D eigenvalue weighted by Crippen LogP contribution is -2.52. The van der Waals surface area contributed by atoms with E-state index in [1.165, 1.54) is 12.0 Å². The van der Waals surface area contributed by atoms with E-state index in [4.69, 9.17) is 27.9 Å². The molecular formula is C29H38Cl2N2O3. The first-order valence-electron chi connectivity index (χ1n) is 12.9. The van der Waals surface area contributed by atoms with Crippen LogP contribution in [-0.4, -0.2) is 35.4 Å². The van der Waals surface area contributed by atoms with E-state index in [1.54, 1.807) is 23.1 Å². The van der Waals surface area contributed by atoms with Gasteiger partial charge < -0.3 is 15.0 Å². The number of rotatable bonds is 9. The number of hydrogen-bond acceptors (Lipinski definition) is 3. The Labute approximate surface area is 225 Å². The minimum Gasteiger partial charge on any atom is -0.484 e. The second kappa shape index (κ2) is 12.8. The average molecular weight is 534 g/mol. The molecule has 0 heterocycles. The molecule has 1 aliphatic rings. The Kier molecular flexibility index (Phi) is 10.1. The maximum atomic E-state index is 13.5. The minimum atomic E-state index is -0.627. The monoisotopic (exact) mass is 532 g/mol. The van der Waals surface area contributed by atoms with Crippen LogP contribution in [-0.2, 0) is 21.5 Å². The lowest BCUT2D eigenvalue weighted by Gasteiger charge is -2.33. The molecule has 1 unspecified atom stereocenters. The zero-order chi connectivity index (χ0) is 26.3. The first-order valence-corrected chi connectivity index (χ1v) is 13.6. The zero-order valence-corrected chi connectivity index (χ0v) is 23.3. The van der Waals surface area contributed by atoms with Crippen LogP contribution in [0.5, 0.6) is 5.75 Å². The van der Waals surface area contributed by atoms with E-state index >= 15 is 0 Å². The number of ether oxygens (including phenoxy) is 1. The lowest BCUT2D eigenvalue weighted by atomic mass is 9.87. The molecule has 0 aliphatic heterocycles. The summed E-state index contributed by atoms with van der Waals surface area (Å²) < 4.78 is 5.85. The summed E-state index contributed by atoms with van der Waals surface area (Å²) in [5.41, 5.74) is 1.95. The number of benzene rings is 2. The highest BCUT2D eigenvalue weighted by Crippen LogP contribution is 2.26. The molecule has 2 amide bonds. The van der Waals surface area contributed by atoms with Gasteiger partial charge in [0.05, 0.1) is 0 Å². The van der Waals surface area contributed by atoms with Gasteiger partial charge in [0.1, 0.15) is 11.8 Å². The molecule has 0 aromatic heterocycles. The number of nitrogens with zero attached hydrogens (tertiary/aromatic N) is 1. The molecule has 1 saturated carbocycles. The van der Waals surface area contributed by atoms with E-state index in [9.17, 15) is 9.59 Å². The van der Waals surface area contributed by atoms with Gasteiger partial charge in [0.15, 0.2) is 6.61 Å². The van der Waals surface area contributed by atoms with Crippen molar-refractivity contribution in [1.29, 1.82) is 0 Å². The van der Waals surface area contributed by atoms with Crippen LogP contribution in [0.1, 0.15) is 77.3 Å². The van der Waals surface area contributed by atoms with Crippen LogP contribution >= 0.6 is 23.2 Å². The molecule has 0 bridgehead atoms. The van der Waals surface area contributed by atoms with Gasteiger partial charge in [0, 0.05) is 22.6 Å². The summed E-state index contributed by atoms with van der Waals surface area (Å²) in [7, 11) is 0. The minimum absolute atomic E-state index is 0.0308. The van der Waals surface area contributed by atoms with Gasteiger partial charge in [-0.15, -0.1) is 0 Å². The topological polar surface area (TPSA) is 58.6 Å². The predicted octanol–water partition coefficient (Wildman–Crippen LogP) is 6.93. The number of hydrogen-bond donors (Lipinski definition) is 1. The van der Waals surface area contributed by atoms with Gasteiger partial charge in [-0.3, -0.25) is 9.59 Å². The van der Waals surface area contributed by atoms with Crippen LogP contribution in [0.2, 0.25) is 10.0 Å². The maximum absolute atomic E-state index is 13.5. The van der Waals surface area contributed by atoms with E-state index in [0.717, 1.165) is 31.2 Å². The predicted molar refractivity (Wildman–Crippen MR) is 147 cm³/mol. The number of carbonyl (C=O) groups excluding carboxylic acids is 2. The number of halogens is 2. The SMILES string of the molecule is CCC(C(=O)NC1CCCCC1)N(Cc1ccc(Cl)cc1Cl)C(=O)COc1ccc(C(C)(C)C)cc1. The summed E-state index contributed by atoms with van der Waals surface area (Å²) in [6.07, 6.45) is 5.88. The Hall–Kier alpha value is -2.24. The first-order chi connectivity index (χ1) is 17.1. The van der Waals surface area contributed by atoms with Crippen LogP contribution in [0.25, 0.3) is 0 Å². The molecule has 196 valence electrons. The molecule has 2 aromatic rings. The molecule has 1 fully saturated rings. The Morgan fingerprint density at radius 1 is 1.06 bits per heavy atom. The molecular weight excluding hydrogens is 495 g/mol. The first kappa shape index (κ1) is 28.3. The zero-order valence-electron chi connectivity index (χ0n) is 21.8. The Morgan fingerprint density at radius 3 is 2.31 bits per heavy atom. The maximum Gasteiger partial charge on any atom is 0.261 e. The molecule has 0 spiro atoms. The van der Waals surface area contributed by atoms with Crippen molar-refractivity contribution < 1.29 is 14.3 Å². The van der Waals surface area contributed by atoms with Gasteiger partial charge in [-0.25, -0.2) is 0 Å². The third kappa shape index (κ3) is 7.88. The van der Waals surface area contributed by atoms with Crippen molar-refractivity contribution in [2.75, 3.05) is 6.61 Å². The summed E-state index contributed by atoms with van der Waals surface area (Å²) in [6, 6.07) is 12.5. The normalized spacial score (nSPS) is 15.3. The summed E-state index contributed by atoms with van der Waals surface area (Å²) in [4.78, 5) is 28.4. The fraction of sp³-hybridized carbons (Fsp3) is 0.517. The highest BCUT2D eigenvalue weighted by atomic mass is 35.5. The number of amides is 2. The molecule has 3 rings (SSSR count). The average Bonchev–Trinajstić information content (AvgIpc) is 2.84. The van der Waals surface area contributed by atoms with Crippen molar-refractivity contribution in [2.45, 2.75) is 90.3 Å². The van der Waals surface area contributed by atoms with Crippen molar-refractivity contribution in [3.8, 4) is 5.75 Å². The van der Waals surface area contributed by atoms with Crippen LogP contribution < -0.4 is 10.1 Å². The van der Waals surface area contributed by atoms with Crippen molar-refractivity contribution in [1.82, 2.24) is 10.2 Å². The molecule has 5 nitrogen and oxygen atoms in total. The van der Waals surface area contributed by atoms with Gasteiger partial charge in [0.2, 0.25) is 5.91 Å². The van der Waals surface area contributed by atoms with Crippen molar-refractivity contribution in [3.05, 3.63) is 63.6 Å². The summed E-state index contributed by atoms with van der Waals surface area (Å²) in [5, 5.41) is 4.16. The third-order valence-corrected chi connectivity index (χ3v) is 7.36. The van der Waals surface area contributed by atoms with Crippen molar-refractivity contribution in [3.63, 3.8) is 0 Å². The molecule has 1 aliphatic carbocycles. The van der Waals surface area contributed by atoms with Crippen molar-refractivity contribution >= 4 is 35.0 Å². The second-order valence-corrected chi connectivity index (χ2v) is 11.4. The van der Waals surface area contributed by atoms with E-state index in [1.807, 2.05) is 31.2 Å². The highest BCUT2D eigenvalue weighted by Gasteiger charge is 2.31. The summed E-state index contributed by atoms with van der Waals surface area (Å²) in [5.74, 6) is 0.212. The van der Waals surface area contributed by atoms with Crippen molar-refractivity contribution in [2.24, 2.45) is 0 Å². The van der Waals surface area contributed by atoms with E-state index in [-0.39, 0.29) is 36.4 Å². The lowest BCUT2D eigenvalue weighted by molar-refractivity contribution is -0.143. The van der Waals surface area contributed by atoms with E-state index < -0.39 is 6.04 Å². The van der Waals surface area contributed by atoms with E-state index in [2.05, 4.69) is 26.1 Å². The van der Waals surface area contributed by atoms with Crippen LogP contribution in [0.4, 0.5) is 0 Å². The molecule has 1 N–H and O–H groups in total. The van der Waals surface area contributed by atoms with Gasteiger partial charge in [-0.2, -0.15) is 0 Å². The Balaban J connectivity index is 1.77. The quantitative estimate of drug-likeness (QED) is 0.381. The third-order valence-electron chi connectivity index (χ3n) is 6.78. The fourth-order valence-corrected chi connectivity index (χ4v) is 5.04. The molecule has 1 atom stereocenters. The largest absolute Gasteiger partial charge is 0.484 e. The van der Waals surface area contributed by atoms with Gasteiger partial charge >= 0.3 is 0 Å². The Morgan fingerprint density at radius 2 is 1.72 bits per heavy atom. The van der Waals surface area contributed by atoms with E-state index in [0.29, 0.717) is 22.2 Å². The Bertz CT molecular complexity index is 1030. The number of carbonyl (C=O) groups is 2. The molecule has 2 aromatic carbocycles. The summed E-state index contributed by atoms with van der Waals surface area (Å²) in [6.45, 7) is 8.38. The molecule has 7 heteroatoms. The highest BCUT2D eigenvalue weighted by molar-refractivity contribution is 6.35. The summed E-state index contributed by atoms with van der Waals surface area (Å²) >= 11 is 12.5. The van der Waals surface area contributed by atoms with Crippen LogP contribution in [0.3, 0.4) is 0 Å². The molecule has 36 heavy (non-hydrogen) atoms. The fourth-order valence-electron chi connectivity index (χ4n) is 4.58. The smallest absolute Gasteiger partial charge is 0.261 e. The van der Waals surface area contributed by atoms with Crippen LogP contribution in [0.15, 0.2) is 42.5 Å². The molecule has 0 saturated heterocycles. The second-order valence-electron chi connectivity index (χ2n) is 10.6. The van der Waals surface area contributed by atoms with Gasteiger partial charge in [-0.05, 0) is 60.1 Å². The van der Waals surface area contributed by atoms with Gasteiger partial charge in [0.25, 0.3) is 5.91 Å². The number of nitrogens with one attached hydrogen (secondary N) is 1. The van der Waals surface area contributed by atoms with Gasteiger partial charge in [-0.1, -0.05) is 88.4 Å². The standard InChI is InChI=1S/C29H38Cl2N2O3/c1-5-26(28(35)32-23-9-7-6-8-10-23)33(18-20-11-14-22(30)17-25(20)31)27(34)19-36-24-15-12-21(13-16-24)29(2,3)4/h11-17,23,26H,5-10,18-19H2,1-4H3,(H,32,35). The molecule has 0 radical (unpaired) electrons. The van der Waals surface area contributed by atoms with Crippen LogP contribution in [0, 0.1) is 0 Å².